The van der Waals surface area contributed by atoms with Crippen LogP contribution < -0.4 is 5.32 Å². The molecule has 1 aliphatic heterocycles. The number of ether oxygens (including phenoxy) is 1. The van der Waals surface area contributed by atoms with E-state index in [-0.39, 0.29) is 18.1 Å². The molecule has 24 heavy (non-hydrogen) atoms. The van der Waals surface area contributed by atoms with Gasteiger partial charge in [-0.05, 0) is 20.0 Å². The molecule has 0 radical (unpaired) electrons. The number of nitrogens with zero attached hydrogens (tertiary/aromatic N) is 2. The van der Waals surface area contributed by atoms with Gasteiger partial charge >= 0.3 is 0 Å². The summed E-state index contributed by atoms with van der Waals surface area (Å²) >= 11 is 1.59. The monoisotopic (exact) mass is 347 g/mol. The number of fused-ring (bicyclic) bond motifs is 1. The Morgan fingerprint density at radius 2 is 2.12 bits per heavy atom. The molecule has 1 amide bonds. The third-order valence-electron chi connectivity index (χ3n) is 4.40. The maximum absolute atomic E-state index is 12.4. The summed E-state index contributed by atoms with van der Waals surface area (Å²) in [6.45, 7) is 4.38. The molecule has 0 spiro atoms. The van der Waals surface area contributed by atoms with Crippen LogP contribution in [0.4, 0.5) is 0 Å². The predicted molar refractivity (Wildman–Crippen MR) is 98.5 cm³/mol. The minimum atomic E-state index is 0.0675. The highest BCUT2D eigenvalue weighted by molar-refractivity contribution is 8.00. The predicted octanol–water partition coefficient (Wildman–Crippen LogP) is 2.11. The Hall–Kier alpha value is -1.50. The lowest BCUT2D eigenvalue weighted by Crippen LogP contribution is -2.44. The van der Waals surface area contributed by atoms with Crippen molar-refractivity contribution in [2.24, 2.45) is 7.05 Å². The zero-order chi connectivity index (χ0) is 17.1. The van der Waals surface area contributed by atoms with Gasteiger partial charge in [-0.3, -0.25) is 4.79 Å². The maximum atomic E-state index is 12.4. The molecule has 1 aromatic carbocycles. The number of rotatable bonds is 6. The van der Waals surface area contributed by atoms with E-state index in [2.05, 4.69) is 40.2 Å². The number of amides is 1. The number of carbonyl (C=O) groups is 1. The molecule has 6 heteroatoms. The molecule has 2 heterocycles. The fraction of sp³-hybridized carbons (Fsp3) is 0.500. The SMILES string of the molecule is CCO[C@H]1CN(C)C[C@@H]1NC(=O)CSc1cn(C)c2ccccc12. The Kier molecular flexibility index (Phi) is 5.48. The van der Waals surface area contributed by atoms with Gasteiger partial charge in [0.15, 0.2) is 0 Å². The molecule has 3 rings (SSSR count). The highest BCUT2D eigenvalue weighted by atomic mass is 32.2. The molecule has 5 nitrogen and oxygen atoms in total. The first-order chi connectivity index (χ1) is 11.6. The lowest BCUT2D eigenvalue weighted by atomic mass is 10.2. The molecule has 1 fully saturated rings. The largest absolute Gasteiger partial charge is 0.375 e. The summed E-state index contributed by atoms with van der Waals surface area (Å²) in [4.78, 5) is 15.7. The first-order valence-corrected chi connectivity index (χ1v) is 9.33. The number of hydrogen-bond acceptors (Lipinski definition) is 4. The smallest absolute Gasteiger partial charge is 0.230 e. The van der Waals surface area contributed by atoms with E-state index in [1.807, 2.05) is 26.1 Å². The second-order valence-corrected chi connectivity index (χ2v) is 7.32. The minimum absolute atomic E-state index is 0.0675. The molecule has 0 unspecified atom stereocenters. The van der Waals surface area contributed by atoms with Crippen LogP contribution in [0.3, 0.4) is 0 Å². The van der Waals surface area contributed by atoms with Crippen molar-refractivity contribution in [1.82, 2.24) is 14.8 Å². The van der Waals surface area contributed by atoms with Gasteiger partial charge in [-0.1, -0.05) is 18.2 Å². The number of para-hydroxylation sites is 1. The standard InChI is InChI=1S/C18H25N3O2S/c1-4-23-16-10-20(2)9-14(16)19-18(22)12-24-17-11-21(3)15-8-6-5-7-13(15)17/h5-8,11,14,16H,4,9-10,12H2,1-3H3,(H,19,22)/t14-,16-/m0/s1. The lowest BCUT2D eigenvalue weighted by Gasteiger charge is -2.19. The summed E-state index contributed by atoms with van der Waals surface area (Å²) < 4.78 is 7.85. The molecule has 2 atom stereocenters. The van der Waals surface area contributed by atoms with Crippen LogP contribution in [0.15, 0.2) is 35.4 Å². The quantitative estimate of drug-likeness (QED) is 0.813. The van der Waals surface area contributed by atoms with Gasteiger partial charge in [0.25, 0.3) is 0 Å². The molecule has 2 aromatic rings. The van der Waals surface area contributed by atoms with Crippen molar-refractivity contribution < 1.29 is 9.53 Å². The first kappa shape index (κ1) is 17.3. The Morgan fingerprint density at radius 3 is 2.92 bits per heavy atom. The Balaban J connectivity index is 1.59. The number of likely N-dealkylation sites (N-methyl/N-ethyl adjacent to an activating group) is 1. The number of carbonyl (C=O) groups excluding carboxylic acids is 1. The van der Waals surface area contributed by atoms with E-state index in [1.54, 1.807) is 11.8 Å². The van der Waals surface area contributed by atoms with E-state index < -0.39 is 0 Å². The van der Waals surface area contributed by atoms with Gasteiger partial charge in [-0.2, -0.15) is 0 Å². The molecular formula is C18H25N3O2S. The second-order valence-electron chi connectivity index (χ2n) is 6.30. The summed E-state index contributed by atoms with van der Waals surface area (Å²) in [6.07, 6.45) is 2.18. The van der Waals surface area contributed by atoms with Gasteiger partial charge < -0.3 is 19.5 Å². The maximum Gasteiger partial charge on any atom is 0.230 e. The molecule has 1 N–H and O–H groups in total. The highest BCUT2D eigenvalue weighted by Crippen LogP contribution is 2.29. The van der Waals surface area contributed by atoms with Gasteiger partial charge in [-0.25, -0.2) is 0 Å². The summed E-state index contributed by atoms with van der Waals surface area (Å²) in [5, 5.41) is 4.34. The average Bonchev–Trinajstić information content (AvgIpc) is 3.06. The Labute approximate surface area is 147 Å². The van der Waals surface area contributed by atoms with Crippen molar-refractivity contribution >= 4 is 28.6 Å². The second kappa shape index (κ2) is 7.59. The summed E-state index contributed by atoms with van der Waals surface area (Å²) in [5.74, 6) is 0.491. The van der Waals surface area contributed by atoms with Crippen LogP contribution in [0, 0.1) is 0 Å². The molecular weight excluding hydrogens is 322 g/mol. The summed E-state index contributed by atoms with van der Waals surface area (Å²) in [6, 6.07) is 8.35. The lowest BCUT2D eigenvalue weighted by molar-refractivity contribution is -0.120. The van der Waals surface area contributed by atoms with Gasteiger partial charge in [0.1, 0.15) is 0 Å². The molecule has 0 saturated carbocycles. The molecule has 0 aliphatic carbocycles. The van der Waals surface area contributed by atoms with E-state index in [9.17, 15) is 4.79 Å². The van der Waals surface area contributed by atoms with E-state index in [0.29, 0.717) is 12.4 Å². The Morgan fingerprint density at radius 1 is 1.33 bits per heavy atom. The molecule has 0 bridgehead atoms. The minimum Gasteiger partial charge on any atom is -0.375 e. The molecule has 130 valence electrons. The molecule has 1 aliphatic rings. The van der Waals surface area contributed by atoms with Crippen molar-refractivity contribution in [3.05, 3.63) is 30.5 Å². The van der Waals surface area contributed by atoms with Crippen LogP contribution in [0.2, 0.25) is 0 Å². The van der Waals surface area contributed by atoms with Gasteiger partial charge in [0.05, 0.1) is 17.9 Å². The number of hydrogen-bond donors (Lipinski definition) is 1. The van der Waals surface area contributed by atoms with Crippen molar-refractivity contribution in [3.63, 3.8) is 0 Å². The van der Waals surface area contributed by atoms with E-state index >= 15 is 0 Å². The number of aromatic nitrogens is 1. The van der Waals surface area contributed by atoms with Gasteiger partial charge in [0.2, 0.25) is 5.91 Å². The fourth-order valence-electron chi connectivity index (χ4n) is 3.30. The van der Waals surface area contributed by atoms with Crippen LogP contribution in [0.25, 0.3) is 10.9 Å². The number of nitrogens with one attached hydrogen (secondary N) is 1. The topological polar surface area (TPSA) is 46.5 Å². The van der Waals surface area contributed by atoms with Crippen LogP contribution >= 0.6 is 11.8 Å². The first-order valence-electron chi connectivity index (χ1n) is 8.35. The number of likely N-dealkylation sites (tertiary alicyclic amines) is 1. The van der Waals surface area contributed by atoms with Crippen LogP contribution in [-0.2, 0) is 16.6 Å². The van der Waals surface area contributed by atoms with E-state index in [4.69, 9.17) is 4.74 Å². The third-order valence-corrected chi connectivity index (χ3v) is 5.44. The van der Waals surface area contributed by atoms with Crippen LogP contribution in [0.5, 0.6) is 0 Å². The number of benzene rings is 1. The normalized spacial score (nSPS) is 21.5. The summed E-state index contributed by atoms with van der Waals surface area (Å²) in [7, 11) is 4.09. The van der Waals surface area contributed by atoms with Crippen molar-refractivity contribution in [1.29, 1.82) is 0 Å². The summed E-state index contributed by atoms with van der Waals surface area (Å²) in [5.41, 5.74) is 1.19. The van der Waals surface area contributed by atoms with Crippen LogP contribution in [0.1, 0.15) is 6.92 Å². The zero-order valence-corrected chi connectivity index (χ0v) is 15.3. The fourth-order valence-corrected chi connectivity index (χ4v) is 4.23. The average molecular weight is 347 g/mol. The van der Waals surface area contributed by atoms with Crippen LogP contribution in [-0.4, -0.2) is 60.0 Å². The number of thioether (sulfide) groups is 1. The van der Waals surface area contributed by atoms with Gasteiger partial charge in [0, 0.05) is 48.7 Å². The number of aryl methyl sites for hydroxylation is 1. The van der Waals surface area contributed by atoms with Crippen molar-refractivity contribution in [2.45, 2.75) is 24.0 Å². The Bertz CT molecular complexity index is 715. The third kappa shape index (κ3) is 3.77. The van der Waals surface area contributed by atoms with E-state index in [1.165, 1.54) is 10.9 Å². The van der Waals surface area contributed by atoms with Gasteiger partial charge in [-0.15, -0.1) is 11.8 Å². The molecule has 1 saturated heterocycles. The van der Waals surface area contributed by atoms with Crippen molar-refractivity contribution in [3.8, 4) is 0 Å². The van der Waals surface area contributed by atoms with E-state index in [0.717, 1.165) is 18.0 Å². The molecule has 1 aromatic heterocycles. The van der Waals surface area contributed by atoms with Crippen molar-refractivity contribution in [2.75, 3.05) is 32.5 Å². The highest BCUT2D eigenvalue weighted by Gasteiger charge is 2.32. The zero-order valence-electron chi connectivity index (χ0n) is 14.5.